The topological polar surface area (TPSA) is 78.4 Å². The SMILES string of the molecule is O=C(NC(=S)Nc1c(Br)cc(Br)cc1C(=O)O)c1ccc(Cl)cc1. The smallest absolute Gasteiger partial charge is 0.337 e. The molecule has 0 aromatic heterocycles. The molecule has 0 radical (unpaired) electrons. The normalized spacial score (nSPS) is 10.1. The summed E-state index contributed by atoms with van der Waals surface area (Å²) in [6.45, 7) is 0. The molecule has 5 nitrogen and oxygen atoms in total. The maximum absolute atomic E-state index is 12.1. The second kappa shape index (κ2) is 8.06. The molecule has 124 valence electrons. The highest BCUT2D eigenvalue weighted by Crippen LogP contribution is 2.30. The molecule has 2 rings (SSSR count). The zero-order valence-corrected chi connectivity index (χ0v) is 16.5. The number of hydrogen-bond donors (Lipinski definition) is 3. The Hall–Kier alpha value is -1.48. The van der Waals surface area contributed by atoms with E-state index < -0.39 is 11.9 Å². The van der Waals surface area contributed by atoms with E-state index in [4.69, 9.17) is 23.8 Å². The maximum atomic E-state index is 12.1. The van der Waals surface area contributed by atoms with Crippen molar-refractivity contribution >= 4 is 78.4 Å². The summed E-state index contributed by atoms with van der Waals surface area (Å²) in [6.07, 6.45) is 0. The number of thiocarbonyl (C=S) groups is 1. The van der Waals surface area contributed by atoms with Crippen molar-refractivity contribution < 1.29 is 14.7 Å². The van der Waals surface area contributed by atoms with Crippen LogP contribution in [0.25, 0.3) is 0 Å². The van der Waals surface area contributed by atoms with Crippen molar-refractivity contribution in [1.82, 2.24) is 5.32 Å². The second-order valence-corrected chi connectivity index (χ2v) is 7.15. The summed E-state index contributed by atoms with van der Waals surface area (Å²) in [4.78, 5) is 23.5. The van der Waals surface area contributed by atoms with Gasteiger partial charge in [-0.05, 0) is 64.5 Å². The molecule has 3 N–H and O–H groups in total. The zero-order valence-electron chi connectivity index (χ0n) is 11.8. The van der Waals surface area contributed by atoms with E-state index in [2.05, 4.69) is 42.5 Å². The molecular formula is C15H9Br2ClN2O3S. The summed E-state index contributed by atoms with van der Waals surface area (Å²) in [7, 11) is 0. The maximum Gasteiger partial charge on any atom is 0.337 e. The van der Waals surface area contributed by atoms with Crippen LogP contribution in [0, 0.1) is 0 Å². The highest BCUT2D eigenvalue weighted by atomic mass is 79.9. The predicted molar refractivity (Wildman–Crippen MR) is 104 cm³/mol. The van der Waals surface area contributed by atoms with Gasteiger partial charge in [-0.25, -0.2) is 4.79 Å². The van der Waals surface area contributed by atoms with Gasteiger partial charge in [0.05, 0.1) is 11.3 Å². The molecule has 0 aliphatic carbocycles. The van der Waals surface area contributed by atoms with E-state index in [1.165, 1.54) is 6.07 Å². The highest BCUT2D eigenvalue weighted by Gasteiger charge is 2.17. The van der Waals surface area contributed by atoms with E-state index in [0.717, 1.165) is 0 Å². The van der Waals surface area contributed by atoms with Crippen LogP contribution in [-0.4, -0.2) is 22.1 Å². The molecule has 0 saturated carbocycles. The van der Waals surface area contributed by atoms with Crippen LogP contribution in [0.4, 0.5) is 5.69 Å². The quantitative estimate of drug-likeness (QED) is 0.542. The van der Waals surface area contributed by atoms with Gasteiger partial charge < -0.3 is 10.4 Å². The van der Waals surface area contributed by atoms with Gasteiger partial charge in [-0.3, -0.25) is 10.1 Å². The van der Waals surface area contributed by atoms with Crippen LogP contribution in [0.3, 0.4) is 0 Å². The number of anilines is 1. The third-order valence-corrected chi connectivity index (χ3v) is 4.40. The number of carboxylic acid groups (broad SMARTS) is 1. The van der Waals surface area contributed by atoms with E-state index in [-0.39, 0.29) is 16.4 Å². The molecule has 1 amide bonds. The van der Waals surface area contributed by atoms with Gasteiger partial charge in [0.2, 0.25) is 0 Å². The molecule has 0 saturated heterocycles. The summed E-state index contributed by atoms with van der Waals surface area (Å²) >= 11 is 17.3. The molecule has 2 aromatic rings. The van der Waals surface area contributed by atoms with E-state index in [1.54, 1.807) is 30.3 Å². The van der Waals surface area contributed by atoms with Crippen molar-refractivity contribution in [3.8, 4) is 0 Å². The summed E-state index contributed by atoms with van der Waals surface area (Å²) in [6, 6.07) is 9.37. The average molecular weight is 493 g/mol. The molecule has 0 spiro atoms. The average Bonchev–Trinajstić information content (AvgIpc) is 2.50. The Morgan fingerprint density at radius 2 is 1.75 bits per heavy atom. The number of carbonyl (C=O) groups excluding carboxylic acids is 1. The molecule has 0 aliphatic rings. The van der Waals surface area contributed by atoms with Crippen LogP contribution in [0.5, 0.6) is 0 Å². The number of carboxylic acids is 1. The van der Waals surface area contributed by atoms with Crippen LogP contribution >= 0.6 is 55.7 Å². The number of carbonyl (C=O) groups is 2. The number of amides is 1. The van der Waals surface area contributed by atoms with Crippen molar-refractivity contribution in [3.63, 3.8) is 0 Å². The summed E-state index contributed by atoms with van der Waals surface area (Å²) < 4.78 is 1.07. The highest BCUT2D eigenvalue weighted by molar-refractivity contribution is 9.11. The Morgan fingerprint density at radius 1 is 1.12 bits per heavy atom. The van der Waals surface area contributed by atoms with Gasteiger partial charge in [-0.2, -0.15) is 0 Å². The van der Waals surface area contributed by atoms with E-state index in [9.17, 15) is 14.7 Å². The van der Waals surface area contributed by atoms with E-state index >= 15 is 0 Å². The second-order valence-electron chi connectivity index (χ2n) is 4.53. The lowest BCUT2D eigenvalue weighted by molar-refractivity contribution is 0.0697. The Kier molecular flexibility index (Phi) is 6.34. The van der Waals surface area contributed by atoms with Crippen LogP contribution < -0.4 is 10.6 Å². The van der Waals surface area contributed by atoms with E-state index in [0.29, 0.717) is 19.5 Å². The van der Waals surface area contributed by atoms with Crippen molar-refractivity contribution in [2.24, 2.45) is 0 Å². The number of rotatable bonds is 3. The summed E-state index contributed by atoms with van der Waals surface area (Å²) in [5.74, 6) is -1.57. The minimum Gasteiger partial charge on any atom is -0.478 e. The van der Waals surface area contributed by atoms with E-state index in [1.807, 2.05) is 0 Å². The third-order valence-electron chi connectivity index (χ3n) is 2.86. The van der Waals surface area contributed by atoms with Gasteiger partial charge in [0.1, 0.15) is 0 Å². The predicted octanol–water partition coefficient (Wildman–Crippen LogP) is 4.69. The lowest BCUT2D eigenvalue weighted by Gasteiger charge is -2.14. The minimum atomic E-state index is -1.13. The first-order valence-corrected chi connectivity index (χ1v) is 8.75. The lowest BCUT2D eigenvalue weighted by atomic mass is 10.2. The number of hydrogen-bond acceptors (Lipinski definition) is 3. The van der Waals surface area contributed by atoms with Gasteiger partial charge in [-0.15, -0.1) is 0 Å². The number of aromatic carboxylic acids is 1. The molecule has 0 fully saturated rings. The number of nitrogens with one attached hydrogen (secondary N) is 2. The molecule has 0 bridgehead atoms. The summed E-state index contributed by atoms with van der Waals surface area (Å²) in [5, 5.41) is 15.0. The van der Waals surface area contributed by atoms with Crippen molar-refractivity contribution in [2.45, 2.75) is 0 Å². The fraction of sp³-hybridized carbons (Fsp3) is 0. The fourth-order valence-corrected chi connectivity index (χ4v) is 3.44. The van der Waals surface area contributed by atoms with Gasteiger partial charge >= 0.3 is 5.97 Å². The standard InChI is InChI=1S/C15H9Br2ClN2O3S/c16-8-5-10(14(22)23)12(11(17)6-8)19-15(24)20-13(21)7-1-3-9(18)4-2-7/h1-6H,(H,22,23)(H2,19,20,21,24). The number of benzene rings is 2. The molecule has 0 atom stereocenters. The van der Waals surface area contributed by atoms with Crippen LogP contribution in [0.1, 0.15) is 20.7 Å². The van der Waals surface area contributed by atoms with Gasteiger partial charge in [0.25, 0.3) is 5.91 Å². The Morgan fingerprint density at radius 3 is 2.33 bits per heavy atom. The van der Waals surface area contributed by atoms with Gasteiger partial charge in [-0.1, -0.05) is 27.5 Å². The van der Waals surface area contributed by atoms with Crippen molar-refractivity contribution in [1.29, 1.82) is 0 Å². The van der Waals surface area contributed by atoms with Crippen LogP contribution in [0.2, 0.25) is 5.02 Å². The lowest BCUT2D eigenvalue weighted by Crippen LogP contribution is -2.34. The molecule has 0 aliphatic heterocycles. The fourth-order valence-electron chi connectivity index (χ4n) is 1.79. The molecule has 9 heteroatoms. The first kappa shape index (κ1) is 18.9. The zero-order chi connectivity index (χ0) is 17.9. The Balaban J connectivity index is 2.17. The minimum absolute atomic E-state index is 0.000609. The first-order valence-electron chi connectivity index (χ1n) is 6.38. The van der Waals surface area contributed by atoms with Crippen LogP contribution in [-0.2, 0) is 0 Å². The molecular weight excluding hydrogens is 484 g/mol. The molecule has 0 heterocycles. The van der Waals surface area contributed by atoms with Gasteiger partial charge in [0, 0.05) is 19.5 Å². The summed E-state index contributed by atoms with van der Waals surface area (Å²) in [5.41, 5.74) is 0.614. The monoisotopic (exact) mass is 490 g/mol. The van der Waals surface area contributed by atoms with Crippen molar-refractivity contribution in [3.05, 3.63) is 61.5 Å². The van der Waals surface area contributed by atoms with Crippen LogP contribution in [0.15, 0.2) is 45.3 Å². The Bertz CT molecular complexity index is 828. The van der Waals surface area contributed by atoms with Crippen molar-refractivity contribution in [2.75, 3.05) is 5.32 Å². The Labute approximate surface area is 164 Å². The molecule has 24 heavy (non-hydrogen) atoms. The largest absolute Gasteiger partial charge is 0.478 e. The molecule has 2 aromatic carbocycles. The third kappa shape index (κ3) is 4.76. The van der Waals surface area contributed by atoms with Gasteiger partial charge in [0.15, 0.2) is 5.11 Å². The number of halogens is 3. The molecule has 0 unspecified atom stereocenters. The first-order chi connectivity index (χ1) is 11.3.